The zero-order valence-corrected chi connectivity index (χ0v) is 16.0. The SMILES string of the molecule is COC(=O)Cc1cc(=O)[nH]c(S[C@H](C)C(=O)NCCC2=CCCCC2)n1. The number of allylic oxidation sites excluding steroid dienone is 1. The maximum Gasteiger partial charge on any atom is 0.311 e. The quantitative estimate of drug-likeness (QED) is 0.310. The van der Waals surface area contributed by atoms with Crippen LogP contribution in [0.3, 0.4) is 0 Å². The molecule has 1 aliphatic carbocycles. The van der Waals surface area contributed by atoms with Gasteiger partial charge < -0.3 is 15.0 Å². The Morgan fingerprint density at radius 1 is 1.42 bits per heavy atom. The summed E-state index contributed by atoms with van der Waals surface area (Å²) >= 11 is 1.16. The number of hydrogen-bond acceptors (Lipinski definition) is 6. The highest BCUT2D eigenvalue weighted by molar-refractivity contribution is 8.00. The van der Waals surface area contributed by atoms with Gasteiger partial charge in [-0.05, 0) is 39.0 Å². The Morgan fingerprint density at radius 2 is 2.23 bits per heavy atom. The summed E-state index contributed by atoms with van der Waals surface area (Å²) in [5, 5.41) is 2.83. The van der Waals surface area contributed by atoms with Gasteiger partial charge in [-0.3, -0.25) is 14.4 Å². The zero-order chi connectivity index (χ0) is 18.9. The van der Waals surface area contributed by atoms with E-state index in [1.165, 1.54) is 31.6 Å². The van der Waals surface area contributed by atoms with Crippen molar-refractivity contribution in [2.75, 3.05) is 13.7 Å². The number of ether oxygens (including phenoxy) is 1. The van der Waals surface area contributed by atoms with Gasteiger partial charge >= 0.3 is 5.97 Å². The Hall–Kier alpha value is -2.09. The first-order chi connectivity index (χ1) is 12.5. The smallest absolute Gasteiger partial charge is 0.311 e. The minimum atomic E-state index is -0.471. The van der Waals surface area contributed by atoms with Crippen LogP contribution in [-0.2, 0) is 20.7 Å². The predicted octanol–water partition coefficient (Wildman–Crippen LogP) is 1.97. The fraction of sp³-hybridized carbons (Fsp3) is 0.556. The number of aromatic amines is 1. The van der Waals surface area contributed by atoms with E-state index in [0.717, 1.165) is 31.0 Å². The van der Waals surface area contributed by atoms with Crippen molar-refractivity contribution in [3.8, 4) is 0 Å². The molecule has 26 heavy (non-hydrogen) atoms. The van der Waals surface area contributed by atoms with E-state index in [1.54, 1.807) is 6.92 Å². The molecule has 1 aromatic rings. The lowest BCUT2D eigenvalue weighted by Gasteiger charge is -2.15. The fourth-order valence-corrected chi connectivity index (χ4v) is 3.55. The van der Waals surface area contributed by atoms with Crippen LogP contribution in [0.25, 0.3) is 0 Å². The molecule has 1 aliphatic rings. The number of rotatable bonds is 8. The van der Waals surface area contributed by atoms with E-state index in [0.29, 0.717) is 17.4 Å². The number of thioether (sulfide) groups is 1. The van der Waals surface area contributed by atoms with Crippen molar-refractivity contribution in [3.63, 3.8) is 0 Å². The average Bonchev–Trinajstić information content (AvgIpc) is 2.61. The summed E-state index contributed by atoms with van der Waals surface area (Å²) in [6, 6.07) is 1.25. The zero-order valence-electron chi connectivity index (χ0n) is 15.2. The molecule has 2 N–H and O–H groups in total. The van der Waals surface area contributed by atoms with Gasteiger partial charge in [0.1, 0.15) is 0 Å². The number of nitrogens with one attached hydrogen (secondary N) is 2. The second kappa shape index (κ2) is 10.2. The highest BCUT2D eigenvalue weighted by Crippen LogP contribution is 2.20. The summed E-state index contributed by atoms with van der Waals surface area (Å²) in [5.74, 6) is -0.575. The molecule has 8 heteroatoms. The van der Waals surface area contributed by atoms with Crippen LogP contribution in [0.1, 0.15) is 44.7 Å². The molecule has 2 rings (SSSR count). The first kappa shape index (κ1) is 20.2. The van der Waals surface area contributed by atoms with E-state index < -0.39 is 11.2 Å². The van der Waals surface area contributed by atoms with Gasteiger partial charge in [0.15, 0.2) is 5.16 Å². The summed E-state index contributed by atoms with van der Waals surface area (Å²) in [7, 11) is 1.28. The standard InChI is InChI=1S/C18H25N3O4S/c1-12(17(24)19-9-8-13-6-4-3-5-7-13)26-18-20-14(10-15(22)21-18)11-16(23)25-2/h6,10,12H,3-5,7-9,11H2,1-2H3,(H,19,24)(H,20,21,22)/t12-/m1/s1. The van der Waals surface area contributed by atoms with E-state index in [4.69, 9.17) is 0 Å². The van der Waals surface area contributed by atoms with Crippen LogP contribution in [0.15, 0.2) is 27.7 Å². The van der Waals surface area contributed by atoms with Gasteiger partial charge in [0.25, 0.3) is 5.56 Å². The molecule has 0 saturated carbocycles. The number of aromatic nitrogens is 2. The molecule has 0 spiro atoms. The number of esters is 1. The number of carbonyl (C=O) groups excluding carboxylic acids is 2. The van der Waals surface area contributed by atoms with Gasteiger partial charge in [0.2, 0.25) is 5.91 Å². The topological polar surface area (TPSA) is 101 Å². The van der Waals surface area contributed by atoms with Crippen molar-refractivity contribution in [1.29, 1.82) is 0 Å². The van der Waals surface area contributed by atoms with Crippen molar-refractivity contribution in [3.05, 3.63) is 33.8 Å². The molecule has 7 nitrogen and oxygen atoms in total. The van der Waals surface area contributed by atoms with Crippen LogP contribution >= 0.6 is 11.8 Å². The highest BCUT2D eigenvalue weighted by atomic mass is 32.2. The normalized spacial score (nSPS) is 15.1. The molecular formula is C18H25N3O4S. The Morgan fingerprint density at radius 3 is 2.92 bits per heavy atom. The van der Waals surface area contributed by atoms with Crippen LogP contribution in [-0.4, -0.2) is 40.7 Å². The summed E-state index contributed by atoms with van der Waals surface area (Å²) in [6.07, 6.45) is 7.82. The first-order valence-electron chi connectivity index (χ1n) is 8.77. The molecule has 1 atom stereocenters. The minimum Gasteiger partial charge on any atom is -0.469 e. The van der Waals surface area contributed by atoms with Crippen molar-refractivity contribution in [1.82, 2.24) is 15.3 Å². The molecule has 0 aromatic carbocycles. The molecule has 0 bridgehead atoms. The van der Waals surface area contributed by atoms with Gasteiger partial charge in [0.05, 0.1) is 24.5 Å². The fourth-order valence-electron chi connectivity index (χ4n) is 2.69. The lowest BCUT2D eigenvalue weighted by Crippen LogP contribution is -2.32. The van der Waals surface area contributed by atoms with E-state index in [-0.39, 0.29) is 17.9 Å². The Balaban J connectivity index is 1.86. The van der Waals surface area contributed by atoms with Crippen LogP contribution in [0.2, 0.25) is 0 Å². The monoisotopic (exact) mass is 379 g/mol. The van der Waals surface area contributed by atoms with Gasteiger partial charge in [-0.2, -0.15) is 0 Å². The third-order valence-corrected chi connectivity index (χ3v) is 5.10. The number of amides is 1. The Bertz CT molecular complexity index is 729. The molecule has 0 radical (unpaired) electrons. The maximum atomic E-state index is 12.2. The predicted molar refractivity (Wildman–Crippen MR) is 100 cm³/mol. The van der Waals surface area contributed by atoms with Crippen molar-refractivity contribution >= 4 is 23.6 Å². The number of carbonyl (C=O) groups is 2. The van der Waals surface area contributed by atoms with Crippen molar-refractivity contribution < 1.29 is 14.3 Å². The number of nitrogens with zero attached hydrogens (tertiary/aromatic N) is 1. The summed E-state index contributed by atoms with van der Waals surface area (Å²) < 4.78 is 4.58. The lowest BCUT2D eigenvalue weighted by atomic mass is 9.97. The molecule has 1 heterocycles. The molecule has 0 unspecified atom stereocenters. The van der Waals surface area contributed by atoms with Crippen molar-refractivity contribution in [2.24, 2.45) is 0 Å². The van der Waals surface area contributed by atoms with Crippen molar-refractivity contribution in [2.45, 2.75) is 55.9 Å². The van der Waals surface area contributed by atoms with Crippen LogP contribution < -0.4 is 10.9 Å². The third-order valence-electron chi connectivity index (χ3n) is 4.11. The Kier molecular flexibility index (Phi) is 7.90. The largest absolute Gasteiger partial charge is 0.469 e. The van der Waals surface area contributed by atoms with E-state index in [2.05, 4.69) is 26.1 Å². The van der Waals surface area contributed by atoms with Crippen LogP contribution in [0, 0.1) is 0 Å². The molecule has 142 valence electrons. The maximum absolute atomic E-state index is 12.2. The lowest BCUT2D eigenvalue weighted by molar-refractivity contribution is -0.139. The molecular weight excluding hydrogens is 354 g/mol. The minimum absolute atomic E-state index is 0.0797. The molecule has 0 fully saturated rings. The van der Waals surface area contributed by atoms with E-state index in [9.17, 15) is 14.4 Å². The Labute approximate surface area is 157 Å². The summed E-state index contributed by atoms with van der Waals surface area (Å²) in [4.78, 5) is 42.1. The van der Waals surface area contributed by atoms with E-state index >= 15 is 0 Å². The molecule has 1 amide bonds. The second-order valence-electron chi connectivity index (χ2n) is 6.20. The van der Waals surface area contributed by atoms with Gasteiger partial charge in [0, 0.05) is 12.6 Å². The summed E-state index contributed by atoms with van der Waals surface area (Å²) in [6.45, 7) is 2.37. The van der Waals surface area contributed by atoms with Gasteiger partial charge in [-0.15, -0.1) is 0 Å². The molecule has 1 aromatic heterocycles. The number of hydrogen-bond donors (Lipinski definition) is 2. The number of H-pyrrole nitrogens is 1. The number of methoxy groups -OCH3 is 1. The van der Waals surface area contributed by atoms with Gasteiger partial charge in [-0.1, -0.05) is 23.4 Å². The highest BCUT2D eigenvalue weighted by Gasteiger charge is 2.17. The summed E-state index contributed by atoms with van der Waals surface area (Å²) in [5.41, 5.74) is 1.37. The first-order valence-corrected chi connectivity index (χ1v) is 9.65. The second-order valence-corrected chi connectivity index (χ2v) is 7.53. The third kappa shape index (κ3) is 6.67. The molecule has 0 saturated heterocycles. The molecule has 0 aliphatic heterocycles. The van der Waals surface area contributed by atoms with Gasteiger partial charge in [-0.25, -0.2) is 4.98 Å². The van der Waals surface area contributed by atoms with E-state index in [1.807, 2.05) is 0 Å². The van der Waals surface area contributed by atoms with Crippen LogP contribution in [0.5, 0.6) is 0 Å². The average molecular weight is 379 g/mol. The van der Waals surface area contributed by atoms with Crippen LogP contribution in [0.4, 0.5) is 0 Å².